The summed E-state index contributed by atoms with van der Waals surface area (Å²) in [6.07, 6.45) is 0. The van der Waals surface area contributed by atoms with Gasteiger partial charge in [-0.25, -0.2) is 13.2 Å². The summed E-state index contributed by atoms with van der Waals surface area (Å²) in [5, 5.41) is 2.45. The molecule has 0 bridgehead atoms. The molecule has 0 unspecified atom stereocenters. The molecular weight excluding hydrogens is 247 g/mol. The molecule has 6 heteroatoms. The van der Waals surface area contributed by atoms with Crippen LogP contribution in [0.5, 0.6) is 0 Å². The Bertz CT molecular complexity index is 438. The van der Waals surface area contributed by atoms with E-state index in [0.717, 1.165) is 0 Å². The van der Waals surface area contributed by atoms with Gasteiger partial charge >= 0.3 is 5.97 Å². The second-order valence-corrected chi connectivity index (χ2v) is 4.47. The molecule has 0 fully saturated rings. The lowest BCUT2D eigenvalue weighted by Crippen LogP contribution is -2.33. The number of carbonyl (C=O) groups is 1. The number of rotatable bonds is 4. The van der Waals surface area contributed by atoms with Gasteiger partial charge in [-0.15, -0.1) is 0 Å². The number of hydrogen-bond donors (Lipinski definition) is 1. The van der Waals surface area contributed by atoms with Gasteiger partial charge in [0.25, 0.3) is 0 Å². The lowest BCUT2D eigenvalue weighted by atomic mass is 9.93. The van der Waals surface area contributed by atoms with Crippen molar-refractivity contribution in [2.75, 3.05) is 19.0 Å². The highest BCUT2D eigenvalue weighted by atomic mass is 19.1. The van der Waals surface area contributed by atoms with Crippen molar-refractivity contribution in [1.29, 1.82) is 0 Å². The molecule has 0 amide bonds. The van der Waals surface area contributed by atoms with Gasteiger partial charge in [0, 0.05) is 18.7 Å². The number of methoxy groups -OCH3 is 1. The van der Waals surface area contributed by atoms with Crippen LogP contribution in [0.4, 0.5) is 18.9 Å². The molecule has 0 radical (unpaired) electrons. The summed E-state index contributed by atoms with van der Waals surface area (Å²) in [5.41, 5.74) is -1.42. The highest BCUT2D eigenvalue weighted by Gasteiger charge is 2.29. The predicted octanol–water partition coefficient (Wildman–Crippen LogP) is 2.72. The number of ether oxygens (including phenoxy) is 1. The van der Waals surface area contributed by atoms with E-state index in [-0.39, 0.29) is 6.54 Å². The van der Waals surface area contributed by atoms with Crippen molar-refractivity contribution < 1.29 is 22.7 Å². The second kappa shape index (κ2) is 5.29. The number of hydrogen-bond acceptors (Lipinski definition) is 3. The van der Waals surface area contributed by atoms with Crippen LogP contribution in [0.3, 0.4) is 0 Å². The minimum atomic E-state index is -1.05. The molecule has 0 aliphatic heterocycles. The van der Waals surface area contributed by atoms with Gasteiger partial charge < -0.3 is 10.1 Å². The van der Waals surface area contributed by atoms with Gasteiger partial charge in [-0.05, 0) is 13.8 Å². The summed E-state index contributed by atoms with van der Waals surface area (Å²) in [7, 11) is 1.23. The zero-order chi connectivity index (χ0) is 13.9. The van der Waals surface area contributed by atoms with E-state index in [2.05, 4.69) is 10.1 Å². The number of anilines is 1. The Morgan fingerprint density at radius 1 is 1.28 bits per heavy atom. The van der Waals surface area contributed by atoms with E-state index in [1.54, 1.807) is 13.8 Å². The van der Waals surface area contributed by atoms with Crippen LogP contribution in [0.15, 0.2) is 12.1 Å². The first-order chi connectivity index (χ1) is 8.27. The lowest BCUT2D eigenvalue weighted by Gasteiger charge is -2.22. The summed E-state index contributed by atoms with van der Waals surface area (Å²) in [4.78, 5) is 11.4. The van der Waals surface area contributed by atoms with Crippen LogP contribution >= 0.6 is 0 Å². The van der Waals surface area contributed by atoms with E-state index in [1.807, 2.05) is 0 Å². The van der Waals surface area contributed by atoms with E-state index in [1.165, 1.54) is 7.11 Å². The van der Waals surface area contributed by atoms with Crippen molar-refractivity contribution in [3.8, 4) is 0 Å². The molecule has 0 saturated carbocycles. The molecule has 0 spiro atoms. The molecule has 1 aromatic rings. The van der Waals surface area contributed by atoms with E-state index in [4.69, 9.17) is 0 Å². The Morgan fingerprint density at radius 2 is 1.78 bits per heavy atom. The third-order valence-corrected chi connectivity index (χ3v) is 2.45. The van der Waals surface area contributed by atoms with Crippen LogP contribution < -0.4 is 5.32 Å². The summed E-state index contributed by atoms with van der Waals surface area (Å²) in [5.74, 6) is -3.61. The fraction of sp³-hybridized carbons (Fsp3) is 0.417. The van der Waals surface area contributed by atoms with Crippen LogP contribution in [0.25, 0.3) is 0 Å². The summed E-state index contributed by atoms with van der Waals surface area (Å²) in [6, 6.07) is 1.13. The van der Waals surface area contributed by atoms with Crippen LogP contribution in [-0.4, -0.2) is 19.6 Å². The highest BCUT2D eigenvalue weighted by Crippen LogP contribution is 2.23. The number of carbonyl (C=O) groups excluding carboxylic acids is 1. The molecule has 1 rings (SSSR count). The number of benzene rings is 1. The topological polar surface area (TPSA) is 38.3 Å². The molecule has 0 aliphatic rings. The Kier molecular flexibility index (Phi) is 4.21. The van der Waals surface area contributed by atoms with Crippen molar-refractivity contribution in [2.24, 2.45) is 5.41 Å². The second-order valence-electron chi connectivity index (χ2n) is 4.47. The molecule has 0 aliphatic carbocycles. The third-order valence-electron chi connectivity index (χ3n) is 2.45. The van der Waals surface area contributed by atoms with Crippen molar-refractivity contribution in [2.45, 2.75) is 13.8 Å². The minimum Gasteiger partial charge on any atom is -0.469 e. The summed E-state index contributed by atoms with van der Waals surface area (Å²) in [6.45, 7) is 3.08. The van der Waals surface area contributed by atoms with Crippen molar-refractivity contribution in [1.82, 2.24) is 0 Å². The maximum atomic E-state index is 13.3. The van der Waals surface area contributed by atoms with E-state index in [9.17, 15) is 18.0 Å². The molecule has 0 heterocycles. The standard InChI is InChI=1S/C12H14F3NO2/c1-12(2,11(17)18-3)6-16-10-8(14)4-7(13)5-9(10)15/h4-5,16H,6H2,1-3H3. The zero-order valence-electron chi connectivity index (χ0n) is 10.3. The molecule has 1 N–H and O–H groups in total. The van der Waals surface area contributed by atoms with Crippen LogP contribution in [0.2, 0.25) is 0 Å². The Morgan fingerprint density at radius 3 is 2.22 bits per heavy atom. The van der Waals surface area contributed by atoms with E-state index >= 15 is 0 Å². The highest BCUT2D eigenvalue weighted by molar-refractivity contribution is 5.76. The first kappa shape index (κ1) is 14.3. The van der Waals surface area contributed by atoms with E-state index < -0.39 is 34.5 Å². The van der Waals surface area contributed by atoms with Crippen LogP contribution in [-0.2, 0) is 9.53 Å². The normalized spacial score (nSPS) is 11.2. The van der Waals surface area contributed by atoms with Crippen molar-refractivity contribution >= 4 is 11.7 Å². The van der Waals surface area contributed by atoms with Gasteiger partial charge in [0.15, 0.2) is 11.6 Å². The quantitative estimate of drug-likeness (QED) is 0.847. The van der Waals surface area contributed by atoms with Crippen LogP contribution in [0.1, 0.15) is 13.8 Å². The average Bonchev–Trinajstić information content (AvgIpc) is 2.26. The molecular formula is C12H14F3NO2. The molecule has 0 atom stereocenters. The summed E-state index contributed by atoms with van der Waals surface area (Å²) < 4.78 is 43.9. The SMILES string of the molecule is COC(=O)C(C)(C)CNc1c(F)cc(F)cc1F. The van der Waals surface area contributed by atoms with Gasteiger partial charge in [-0.3, -0.25) is 4.79 Å². The summed E-state index contributed by atoms with van der Waals surface area (Å²) >= 11 is 0. The van der Waals surface area contributed by atoms with Gasteiger partial charge in [-0.1, -0.05) is 0 Å². The van der Waals surface area contributed by atoms with Gasteiger partial charge in [0.1, 0.15) is 11.5 Å². The van der Waals surface area contributed by atoms with Gasteiger partial charge in [-0.2, -0.15) is 0 Å². The predicted molar refractivity (Wildman–Crippen MR) is 60.6 cm³/mol. The maximum Gasteiger partial charge on any atom is 0.313 e. The Labute approximate surface area is 103 Å². The molecule has 18 heavy (non-hydrogen) atoms. The minimum absolute atomic E-state index is 0.0425. The maximum absolute atomic E-state index is 13.3. The molecule has 0 saturated heterocycles. The first-order valence-corrected chi connectivity index (χ1v) is 5.25. The van der Waals surface area contributed by atoms with Gasteiger partial charge in [0.2, 0.25) is 0 Å². The van der Waals surface area contributed by atoms with Crippen molar-refractivity contribution in [3.05, 3.63) is 29.6 Å². The average molecular weight is 261 g/mol. The fourth-order valence-corrected chi connectivity index (χ4v) is 1.37. The molecule has 1 aromatic carbocycles. The first-order valence-electron chi connectivity index (χ1n) is 5.25. The van der Waals surface area contributed by atoms with Crippen LogP contribution in [0, 0.1) is 22.9 Å². The Hall–Kier alpha value is -1.72. The fourth-order valence-electron chi connectivity index (χ4n) is 1.37. The zero-order valence-corrected chi connectivity index (χ0v) is 10.3. The number of halogens is 3. The largest absolute Gasteiger partial charge is 0.469 e. The van der Waals surface area contributed by atoms with Gasteiger partial charge in [0.05, 0.1) is 12.5 Å². The van der Waals surface area contributed by atoms with Crippen molar-refractivity contribution in [3.63, 3.8) is 0 Å². The Balaban J connectivity index is 2.84. The third kappa shape index (κ3) is 3.15. The number of esters is 1. The molecule has 100 valence electrons. The molecule has 3 nitrogen and oxygen atoms in total. The lowest BCUT2D eigenvalue weighted by molar-refractivity contribution is -0.149. The monoisotopic (exact) mass is 261 g/mol. The molecule has 0 aromatic heterocycles. The smallest absolute Gasteiger partial charge is 0.313 e. The number of nitrogens with one attached hydrogen (secondary N) is 1. The van der Waals surface area contributed by atoms with E-state index in [0.29, 0.717) is 12.1 Å².